The van der Waals surface area contributed by atoms with Gasteiger partial charge in [0.05, 0.1) is 16.4 Å². The lowest BCUT2D eigenvalue weighted by Gasteiger charge is -2.15. The van der Waals surface area contributed by atoms with Gasteiger partial charge in [-0.1, -0.05) is 17.2 Å². The zero-order valence-corrected chi connectivity index (χ0v) is 16.3. The summed E-state index contributed by atoms with van der Waals surface area (Å²) < 4.78 is 1.67. The van der Waals surface area contributed by atoms with E-state index in [9.17, 15) is 9.59 Å². The number of rotatable bonds is 5. The quantitative estimate of drug-likeness (QED) is 0.768. The maximum absolute atomic E-state index is 12.5. The molecule has 0 fully saturated rings. The number of hydrogen-bond acceptors (Lipinski definition) is 3. The van der Waals surface area contributed by atoms with Crippen molar-refractivity contribution >= 4 is 34.8 Å². The van der Waals surface area contributed by atoms with Crippen molar-refractivity contribution in [1.82, 2.24) is 9.78 Å². The Balaban J connectivity index is 2.10. The highest BCUT2D eigenvalue weighted by Gasteiger charge is 2.19. The predicted octanol–water partition coefficient (Wildman–Crippen LogP) is 4.26. The molecule has 0 bridgehead atoms. The highest BCUT2D eigenvalue weighted by atomic mass is 35.5. The van der Waals surface area contributed by atoms with Gasteiger partial charge in [-0.2, -0.15) is 5.10 Å². The van der Waals surface area contributed by atoms with Gasteiger partial charge in [0.1, 0.15) is 6.04 Å². The number of halogens is 1. The first-order chi connectivity index (χ1) is 12.2. The van der Waals surface area contributed by atoms with Crippen molar-refractivity contribution in [3.63, 3.8) is 0 Å². The largest absolute Gasteiger partial charge is 0.323 e. The predicted molar refractivity (Wildman–Crippen MR) is 105 cm³/mol. The Bertz CT molecular complexity index is 866. The number of amides is 2. The Morgan fingerprint density at radius 2 is 1.88 bits per heavy atom. The number of nitrogens with one attached hydrogen (secondary N) is 2. The van der Waals surface area contributed by atoms with Crippen LogP contribution in [0, 0.1) is 13.8 Å². The molecule has 26 heavy (non-hydrogen) atoms. The SMILES string of the molecule is CC(C)=CC(=O)Nc1ccc(NC(=O)C(C)n2nc(C)cc2C)c(Cl)c1. The number of carbonyl (C=O) groups is 2. The summed E-state index contributed by atoms with van der Waals surface area (Å²) >= 11 is 6.24. The van der Waals surface area contributed by atoms with E-state index in [-0.39, 0.29) is 11.8 Å². The first kappa shape index (κ1) is 19.7. The third-order valence-electron chi connectivity index (χ3n) is 3.71. The van der Waals surface area contributed by atoms with Crippen molar-refractivity contribution in [2.24, 2.45) is 0 Å². The first-order valence-electron chi connectivity index (χ1n) is 8.26. The number of carbonyl (C=O) groups excluding carboxylic acids is 2. The van der Waals surface area contributed by atoms with Crippen LogP contribution in [0.2, 0.25) is 5.02 Å². The van der Waals surface area contributed by atoms with Crippen molar-refractivity contribution in [3.8, 4) is 0 Å². The van der Waals surface area contributed by atoms with Gasteiger partial charge in [0.25, 0.3) is 0 Å². The van der Waals surface area contributed by atoms with E-state index in [2.05, 4.69) is 15.7 Å². The van der Waals surface area contributed by atoms with Gasteiger partial charge in [-0.3, -0.25) is 14.3 Å². The van der Waals surface area contributed by atoms with Crippen LogP contribution in [0.4, 0.5) is 11.4 Å². The van der Waals surface area contributed by atoms with Crippen molar-refractivity contribution in [2.45, 2.75) is 40.7 Å². The Morgan fingerprint density at radius 1 is 1.19 bits per heavy atom. The van der Waals surface area contributed by atoms with Crippen LogP contribution < -0.4 is 10.6 Å². The average Bonchev–Trinajstić information content (AvgIpc) is 2.86. The summed E-state index contributed by atoms with van der Waals surface area (Å²) in [5.41, 5.74) is 3.70. The van der Waals surface area contributed by atoms with Gasteiger partial charge in [0, 0.05) is 17.5 Å². The fraction of sp³-hybridized carbons (Fsp3) is 0.316. The molecule has 0 aliphatic rings. The first-order valence-corrected chi connectivity index (χ1v) is 8.64. The van der Waals surface area contributed by atoms with Gasteiger partial charge in [0.2, 0.25) is 11.8 Å². The van der Waals surface area contributed by atoms with E-state index in [4.69, 9.17) is 11.6 Å². The van der Waals surface area contributed by atoms with Gasteiger partial charge < -0.3 is 10.6 Å². The molecule has 7 heteroatoms. The highest BCUT2D eigenvalue weighted by Crippen LogP contribution is 2.26. The second-order valence-electron chi connectivity index (χ2n) is 6.44. The molecule has 138 valence electrons. The van der Waals surface area contributed by atoms with Crippen LogP contribution in [0.1, 0.15) is 38.2 Å². The minimum atomic E-state index is -0.475. The van der Waals surface area contributed by atoms with E-state index < -0.39 is 6.04 Å². The maximum Gasteiger partial charge on any atom is 0.248 e. The van der Waals surface area contributed by atoms with Gasteiger partial charge in [-0.25, -0.2) is 0 Å². The van der Waals surface area contributed by atoms with Gasteiger partial charge in [-0.05, 0) is 58.9 Å². The highest BCUT2D eigenvalue weighted by molar-refractivity contribution is 6.34. The Hall–Kier alpha value is -2.60. The molecule has 1 aromatic carbocycles. The molecular formula is C19H23ClN4O2. The molecule has 1 aromatic heterocycles. The molecular weight excluding hydrogens is 352 g/mol. The number of aromatic nitrogens is 2. The number of aryl methyl sites for hydroxylation is 2. The molecule has 1 atom stereocenters. The summed E-state index contributed by atoms with van der Waals surface area (Å²) in [6.07, 6.45) is 1.50. The standard InChI is InChI=1S/C19H23ClN4O2/c1-11(2)8-18(25)21-15-6-7-17(16(20)10-15)22-19(26)14(5)24-13(4)9-12(3)23-24/h6-10,14H,1-5H3,(H,21,25)(H,22,26). The molecule has 2 aromatic rings. The van der Waals surface area contributed by atoms with Crippen LogP contribution in [0.25, 0.3) is 0 Å². The third-order valence-corrected chi connectivity index (χ3v) is 4.02. The third kappa shape index (κ3) is 4.95. The van der Waals surface area contributed by atoms with E-state index >= 15 is 0 Å². The molecule has 0 saturated carbocycles. The number of allylic oxidation sites excluding steroid dienone is 1. The number of anilines is 2. The molecule has 1 heterocycles. The van der Waals surface area contributed by atoms with Gasteiger partial charge in [-0.15, -0.1) is 0 Å². The van der Waals surface area contributed by atoms with Gasteiger partial charge >= 0.3 is 0 Å². The molecule has 0 saturated heterocycles. The normalized spacial score (nSPS) is 11.6. The lowest BCUT2D eigenvalue weighted by Crippen LogP contribution is -2.25. The number of nitrogens with zero attached hydrogens (tertiary/aromatic N) is 2. The number of benzene rings is 1. The Kier molecular flexibility index (Phi) is 6.21. The molecule has 2 amide bonds. The van der Waals surface area contributed by atoms with E-state index in [1.165, 1.54) is 6.08 Å². The second-order valence-corrected chi connectivity index (χ2v) is 6.85. The minimum absolute atomic E-state index is 0.223. The van der Waals surface area contributed by atoms with E-state index in [0.29, 0.717) is 16.4 Å². The molecule has 2 rings (SSSR count). The lowest BCUT2D eigenvalue weighted by atomic mass is 10.2. The second kappa shape index (κ2) is 8.19. The van der Waals surface area contributed by atoms with Crippen molar-refractivity contribution < 1.29 is 9.59 Å². The summed E-state index contributed by atoms with van der Waals surface area (Å²) in [4.78, 5) is 24.3. The topological polar surface area (TPSA) is 76.0 Å². The Morgan fingerprint density at radius 3 is 2.42 bits per heavy atom. The molecule has 0 spiro atoms. The van der Waals surface area contributed by atoms with Crippen LogP contribution in [0.15, 0.2) is 35.9 Å². The minimum Gasteiger partial charge on any atom is -0.323 e. The monoisotopic (exact) mass is 374 g/mol. The zero-order valence-electron chi connectivity index (χ0n) is 15.6. The molecule has 1 unspecified atom stereocenters. The molecule has 0 aliphatic heterocycles. The summed E-state index contributed by atoms with van der Waals surface area (Å²) in [7, 11) is 0. The van der Waals surface area contributed by atoms with Crippen LogP contribution in [0.3, 0.4) is 0 Å². The van der Waals surface area contributed by atoms with Crippen LogP contribution in [-0.4, -0.2) is 21.6 Å². The molecule has 0 aliphatic carbocycles. The lowest BCUT2D eigenvalue weighted by molar-refractivity contribution is -0.119. The van der Waals surface area contributed by atoms with Crippen LogP contribution in [0.5, 0.6) is 0 Å². The molecule has 0 radical (unpaired) electrons. The molecule has 6 nitrogen and oxygen atoms in total. The average molecular weight is 375 g/mol. The Labute approximate surface area is 158 Å². The van der Waals surface area contributed by atoms with Crippen molar-refractivity contribution in [1.29, 1.82) is 0 Å². The smallest absolute Gasteiger partial charge is 0.248 e. The van der Waals surface area contributed by atoms with Crippen LogP contribution >= 0.6 is 11.6 Å². The summed E-state index contributed by atoms with van der Waals surface area (Å²) in [5, 5.41) is 10.2. The summed E-state index contributed by atoms with van der Waals surface area (Å²) in [6.45, 7) is 9.24. The summed E-state index contributed by atoms with van der Waals surface area (Å²) in [6, 6.07) is 6.39. The molecule has 2 N–H and O–H groups in total. The maximum atomic E-state index is 12.5. The summed E-state index contributed by atoms with van der Waals surface area (Å²) in [5.74, 6) is -0.449. The van der Waals surface area contributed by atoms with E-state index in [0.717, 1.165) is 17.0 Å². The zero-order chi connectivity index (χ0) is 19.4. The van der Waals surface area contributed by atoms with E-state index in [1.807, 2.05) is 33.8 Å². The van der Waals surface area contributed by atoms with Crippen molar-refractivity contribution in [2.75, 3.05) is 10.6 Å². The fourth-order valence-corrected chi connectivity index (χ4v) is 2.75. The van der Waals surface area contributed by atoms with E-state index in [1.54, 1.807) is 29.8 Å². The fourth-order valence-electron chi connectivity index (χ4n) is 2.52. The van der Waals surface area contributed by atoms with Gasteiger partial charge in [0.15, 0.2) is 0 Å². The van der Waals surface area contributed by atoms with Crippen LogP contribution in [-0.2, 0) is 9.59 Å². The van der Waals surface area contributed by atoms with Crippen molar-refractivity contribution in [3.05, 3.63) is 52.3 Å². The number of hydrogen-bond donors (Lipinski definition) is 2.